The molecule has 3 aromatic rings. The number of hydrogen-bond acceptors (Lipinski definition) is 5. The number of sulfone groups is 1. The van der Waals surface area contributed by atoms with Gasteiger partial charge in [0.2, 0.25) is 0 Å². The number of aromatic nitrogens is 2. The lowest BCUT2D eigenvalue weighted by atomic mass is 10.1. The molecule has 1 aliphatic heterocycles. The van der Waals surface area contributed by atoms with Gasteiger partial charge in [0, 0.05) is 17.5 Å². The quantitative estimate of drug-likeness (QED) is 0.570. The molecular weight excluding hydrogens is 447 g/mol. The highest BCUT2D eigenvalue weighted by atomic mass is 35.5. The van der Waals surface area contributed by atoms with Gasteiger partial charge in [-0.15, -0.1) is 0 Å². The highest BCUT2D eigenvalue weighted by Gasteiger charge is 2.29. The summed E-state index contributed by atoms with van der Waals surface area (Å²) in [6.45, 7) is 0.303. The lowest BCUT2D eigenvalue weighted by Crippen LogP contribution is -2.25. The number of para-hydroxylation sites is 2. The second-order valence-corrected chi connectivity index (χ2v) is 10.7. The third-order valence-corrected chi connectivity index (χ3v) is 7.63. The molecule has 30 heavy (non-hydrogen) atoms. The molecule has 2 unspecified atom stereocenters. The average Bonchev–Trinajstić information content (AvgIpc) is 3.22. The molecule has 0 bridgehead atoms. The fourth-order valence-electron chi connectivity index (χ4n) is 3.81. The van der Waals surface area contributed by atoms with Crippen molar-refractivity contribution in [3.63, 3.8) is 0 Å². The van der Waals surface area contributed by atoms with E-state index in [9.17, 15) is 13.5 Å². The summed E-state index contributed by atoms with van der Waals surface area (Å²) in [4.78, 5) is 4.70. The van der Waals surface area contributed by atoms with Crippen LogP contribution in [0, 0.1) is 5.92 Å². The van der Waals surface area contributed by atoms with Crippen LogP contribution < -0.4 is 4.74 Å². The Morgan fingerprint density at radius 2 is 2.03 bits per heavy atom. The summed E-state index contributed by atoms with van der Waals surface area (Å²) in [5.74, 6) is 1.65. The van der Waals surface area contributed by atoms with Crippen LogP contribution >= 0.6 is 23.2 Å². The van der Waals surface area contributed by atoms with E-state index >= 15 is 0 Å². The summed E-state index contributed by atoms with van der Waals surface area (Å²) in [6, 6.07) is 12.6. The molecule has 1 N–H and O–H groups in total. The predicted octanol–water partition coefficient (Wildman–Crippen LogP) is 3.76. The van der Waals surface area contributed by atoms with E-state index in [1.807, 2.05) is 28.8 Å². The number of benzene rings is 2. The summed E-state index contributed by atoms with van der Waals surface area (Å²) < 4.78 is 31.3. The van der Waals surface area contributed by atoms with Crippen molar-refractivity contribution in [2.45, 2.75) is 25.5 Å². The standard InChI is InChI=1S/C21H22Cl2N2O4S/c22-15-5-6-17(23)20(10-15)29-12-16(26)11-25-19-4-2-1-3-18(19)24-21(25)9-14-7-8-30(27,28)13-14/h1-6,10,14,16,26H,7-9,11-13H2. The molecule has 1 saturated heterocycles. The number of rotatable bonds is 7. The maximum Gasteiger partial charge on any atom is 0.150 e. The Morgan fingerprint density at radius 3 is 2.80 bits per heavy atom. The van der Waals surface area contributed by atoms with Gasteiger partial charge in [-0.25, -0.2) is 13.4 Å². The molecule has 0 saturated carbocycles. The Balaban J connectivity index is 1.51. The van der Waals surface area contributed by atoms with Crippen molar-refractivity contribution in [3.05, 3.63) is 58.3 Å². The molecule has 4 rings (SSSR count). The summed E-state index contributed by atoms with van der Waals surface area (Å²) in [7, 11) is -2.96. The number of nitrogens with zero attached hydrogens (tertiary/aromatic N) is 2. The molecule has 0 spiro atoms. The molecule has 6 nitrogen and oxygen atoms in total. The van der Waals surface area contributed by atoms with Gasteiger partial charge in [-0.05, 0) is 36.6 Å². The second-order valence-electron chi connectivity index (χ2n) is 7.64. The topological polar surface area (TPSA) is 81.4 Å². The number of aliphatic hydroxyl groups is 1. The molecule has 2 heterocycles. The van der Waals surface area contributed by atoms with E-state index in [1.54, 1.807) is 18.2 Å². The molecule has 1 aliphatic rings. The van der Waals surface area contributed by atoms with Gasteiger partial charge in [0.25, 0.3) is 0 Å². The fourth-order valence-corrected chi connectivity index (χ4v) is 6.01. The normalized spacial score (nSPS) is 19.2. The van der Waals surface area contributed by atoms with Crippen LogP contribution in [0.25, 0.3) is 11.0 Å². The highest BCUT2D eigenvalue weighted by molar-refractivity contribution is 7.91. The largest absolute Gasteiger partial charge is 0.489 e. The van der Waals surface area contributed by atoms with Crippen LogP contribution in [0.4, 0.5) is 0 Å². The van der Waals surface area contributed by atoms with Crippen molar-refractivity contribution in [1.82, 2.24) is 9.55 Å². The third kappa shape index (κ3) is 4.91. The Kier molecular flexibility index (Phi) is 6.25. The lowest BCUT2D eigenvalue weighted by molar-refractivity contribution is 0.0926. The first-order chi connectivity index (χ1) is 14.3. The van der Waals surface area contributed by atoms with E-state index in [0.717, 1.165) is 16.9 Å². The van der Waals surface area contributed by atoms with Gasteiger partial charge >= 0.3 is 0 Å². The van der Waals surface area contributed by atoms with Crippen LogP contribution in [0.2, 0.25) is 10.0 Å². The highest BCUT2D eigenvalue weighted by Crippen LogP contribution is 2.28. The maximum absolute atomic E-state index is 11.8. The number of hydrogen-bond donors (Lipinski definition) is 1. The molecule has 2 aromatic carbocycles. The zero-order chi connectivity index (χ0) is 21.3. The monoisotopic (exact) mass is 468 g/mol. The van der Waals surface area contributed by atoms with Crippen LogP contribution in [0.3, 0.4) is 0 Å². The van der Waals surface area contributed by atoms with Gasteiger partial charge in [0.1, 0.15) is 24.3 Å². The first-order valence-electron chi connectivity index (χ1n) is 9.71. The SMILES string of the molecule is O=S1(=O)CCC(Cc2nc3ccccc3n2CC(O)COc2cc(Cl)ccc2Cl)C1. The van der Waals surface area contributed by atoms with Gasteiger partial charge in [-0.1, -0.05) is 35.3 Å². The van der Waals surface area contributed by atoms with E-state index in [1.165, 1.54) is 0 Å². The first kappa shape index (κ1) is 21.4. The van der Waals surface area contributed by atoms with Gasteiger partial charge in [0.05, 0.1) is 34.1 Å². The van der Waals surface area contributed by atoms with Crippen molar-refractivity contribution < 1.29 is 18.3 Å². The number of halogens is 2. The molecule has 0 radical (unpaired) electrons. The van der Waals surface area contributed by atoms with Crippen LogP contribution in [0.1, 0.15) is 12.2 Å². The van der Waals surface area contributed by atoms with E-state index in [4.69, 9.17) is 32.9 Å². The van der Waals surface area contributed by atoms with Crippen molar-refractivity contribution in [3.8, 4) is 5.75 Å². The van der Waals surface area contributed by atoms with Gasteiger partial charge in [-0.3, -0.25) is 0 Å². The van der Waals surface area contributed by atoms with Crippen molar-refractivity contribution >= 4 is 44.1 Å². The minimum absolute atomic E-state index is 0.0316. The average molecular weight is 469 g/mol. The first-order valence-corrected chi connectivity index (χ1v) is 12.3. The lowest BCUT2D eigenvalue weighted by Gasteiger charge is -2.17. The number of imidazole rings is 1. The maximum atomic E-state index is 11.8. The second kappa shape index (κ2) is 8.75. The summed E-state index contributed by atoms with van der Waals surface area (Å²) in [5.41, 5.74) is 1.72. The van der Waals surface area contributed by atoms with Crippen molar-refractivity contribution in [2.75, 3.05) is 18.1 Å². The van der Waals surface area contributed by atoms with Crippen LogP contribution in [0.5, 0.6) is 5.75 Å². The smallest absolute Gasteiger partial charge is 0.150 e. The van der Waals surface area contributed by atoms with E-state index in [-0.39, 0.29) is 30.6 Å². The Labute approximate surface area is 185 Å². The van der Waals surface area contributed by atoms with E-state index in [0.29, 0.717) is 28.6 Å². The van der Waals surface area contributed by atoms with Crippen LogP contribution in [-0.2, 0) is 22.8 Å². The minimum Gasteiger partial charge on any atom is -0.489 e. The molecule has 0 amide bonds. The van der Waals surface area contributed by atoms with Gasteiger partial charge < -0.3 is 14.4 Å². The Morgan fingerprint density at radius 1 is 1.23 bits per heavy atom. The number of fused-ring (bicyclic) bond motifs is 1. The Hall–Kier alpha value is -1.80. The van der Waals surface area contributed by atoms with Crippen molar-refractivity contribution in [2.24, 2.45) is 5.92 Å². The zero-order valence-electron chi connectivity index (χ0n) is 16.2. The number of ether oxygens (including phenoxy) is 1. The van der Waals surface area contributed by atoms with Gasteiger partial charge in [-0.2, -0.15) is 0 Å². The van der Waals surface area contributed by atoms with Gasteiger partial charge in [0.15, 0.2) is 9.84 Å². The Bertz CT molecular complexity index is 1160. The van der Waals surface area contributed by atoms with Crippen LogP contribution in [-0.4, -0.2) is 47.3 Å². The predicted molar refractivity (Wildman–Crippen MR) is 118 cm³/mol. The minimum atomic E-state index is -2.96. The van der Waals surface area contributed by atoms with Crippen LogP contribution in [0.15, 0.2) is 42.5 Å². The van der Waals surface area contributed by atoms with E-state index in [2.05, 4.69) is 0 Å². The molecule has 1 fully saturated rings. The third-order valence-electron chi connectivity index (χ3n) is 5.25. The van der Waals surface area contributed by atoms with E-state index < -0.39 is 15.9 Å². The molecular formula is C21H22Cl2N2O4S. The molecule has 9 heteroatoms. The number of aliphatic hydroxyl groups excluding tert-OH is 1. The van der Waals surface area contributed by atoms with Crippen molar-refractivity contribution in [1.29, 1.82) is 0 Å². The zero-order valence-corrected chi connectivity index (χ0v) is 18.5. The molecule has 160 valence electrons. The summed E-state index contributed by atoms with van der Waals surface area (Å²) in [5, 5.41) is 11.5. The summed E-state index contributed by atoms with van der Waals surface area (Å²) >= 11 is 12.1. The molecule has 0 aliphatic carbocycles. The fraction of sp³-hybridized carbons (Fsp3) is 0.381. The molecule has 2 atom stereocenters. The summed E-state index contributed by atoms with van der Waals surface area (Å²) in [6.07, 6.45) is 0.384. The molecule has 1 aromatic heterocycles.